The molecule has 1 amide bonds. The molecule has 1 unspecified atom stereocenters. The van der Waals surface area contributed by atoms with Crippen LogP contribution in [0.15, 0.2) is 34.7 Å². The van der Waals surface area contributed by atoms with Crippen LogP contribution in [-0.4, -0.2) is 60.4 Å². The van der Waals surface area contributed by atoms with Gasteiger partial charge in [-0.1, -0.05) is 53.4 Å². The zero-order valence-electron chi connectivity index (χ0n) is 14.5. The van der Waals surface area contributed by atoms with E-state index in [4.69, 9.17) is 4.74 Å². The Bertz CT molecular complexity index is 728. The minimum absolute atomic E-state index is 0.182. The first-order chi connectivity index (χ1) is 12.8. The fourth-order valence-corrected chi connectivity index (χ4v) is 5.39. The van der Waals surface area contributed by atoms with E-state index in [9.17, 15) is 4.79 Å². The fourth-order valence-electron chi connectivity index (χ4n) is 3.23. The van der Waals surface area contributed by atoms with Crippen molar-refractivity contribution in [1.29, 1.82) is 0 Å². The lowest BCUT2D eigenvalue weighted by Crippen LogP contribution is -2.36. The Morgan fingerprint density at radius 2 is 1.81 bits per heavy atom. The number of carbonyl (C=O) groups excluding carboxylic acids is 1. The van der Waals surface area contributed by atoms with Gasteiger partial charge in [0.25, 0.3) is 0 Å². The predicted molar refractivity (Wildman–Crippen MR) is 104 cm³/mol. The summed E-state index contributed by atoms with van der Waals surface area (Å²) in [6.07, 6.45) is 2.19. The molecule has 0 saturated carbocycles. The van der Waals surface area contributed by atoms with Crippen LogP contribution >= 0.6 is 23.1 Å². The first kappa shape index (κ1) is 17.8. The summed E-state index contributed by atoms with van der Waals surface area (Å²) in [7, 11) is 0. The molecule has 3 heterocycles. The van der Waals surface area contributed by atoms with Gasteiger partial charge in [-0.25, -0.2) is 0 Å². The third-order valence-electron chi connectivity index (χ3n) is 4.64. The van der Waals surface area contributed by atoms with Crippen LogP contribution in [0.1, 0.15) is 23.7 Å². The zero-order chi connectivity index (χ0) is 17.8. The molecular formula is C18H22N4O2S2. The second kappa shape index (κ2) is 8.37. The molecule has 0 N–H and O–H groups in total. The van der Waals surface area contributed by atoms with Gasteiger partial charge < -0.3 is 14.5 Å². The topological polar surface area (TPSA) is 58.6 Å². The molecule has 1 atom stereocenters. The second-order valence-corrected chi connectivity index (χ2v) is 8.70. The molecule has 0 spiro atoms. The first-order valence-corrected chi connectivity index (χ1v) is 10.7. The Morgan fingerprint density at radius 1 is 1.08 bits per heavy atom. The fraction of sp³-hybridized carbons (Fsp3) is 0.500. The number of hydrogen-bond acceptors (Lipinski definition) is 7. The molecule has 4 rings (SSSR count). The van der Waals surface area contributed by atoms with Crippen molar-refractivity contribution in [3.05, 3.63) is 35.9 Å². The van der Waals surface area contributed by atoms with Crippen molar-refractivity contribution in [3.63, 3.8) is 0 Å². The highest BCUT2D eigenvalue weighted by Crippen LogP contribution is 2.40. The molecule has 2 saturated heterocycles. The minimum Gasteiger partial charge on any atom is -0.378 e. The van der Waals surface area contributed by atoms with E-state index in [-0.39, 0.29) is 11.2 Å². The van der Waals surface area contributed by atoms with E-state index in [1.165, 1.54) is 11.8 Å². The van der Waals surface area contributed by atoms with Gasteiger partial charge in [0.1, 0.15) is 5.25 Å². The summed E-state index contributed by atoms with van der Waals surface area (Å²) in [4.78, 5) is 17.3. The number of anilines is 1. The molecule has 2 aliphatic heterocycles. The normalized spacial score (nSPS) is 18.9. The van der Waals surface area contributed by atoms with E-state index in [0.29, 0.717) is 0 Å². The van der Waals surface area contributed by atoms with E-state index < -0.39 is 0 Å². The van der Waals surface area contributed by atoms with Crippen molar-refractivity contribution in [2.45, 2.75) is 22.4 Å². The third-order valence-corrected chi connectivity index (χ3v) is 6.95. The van der Waals surface area contributed by atoms with E-state index in [2.05, 4.69) is 15.1 Å². The van der Waals surface area contributed by atoms with Gasteiger partial charge in [-0.3, -0.25) is 4.79 Å². The summed E-state index contributed by atoms with van der Waals surface area (Å²) in [6, 6.07) is 10.00. The lowest BCUT2D eigenvalue weighted by atomic mass is 10.1. The number of nitrogens with zero attached hydrogens (tertiary/aromatic N) is 4. The summed E-state index contributed by atoms with van der Waals surface area (Å²) in [5.41, 5.74) is 1.03. The third kappa shape index (κ3) is 4.02. The van der Waals surface area contributed by atoms with Crippen LogP contribution < -0.4 is 4.90 Å². The number of amides is 1. The van der Waals surface area contributed by atoms with Crippen LogP contribution in [0.4, 0.5) is 5.13 Å². The molecule has 26 heavy (non-hydrogen) atoms. The summed E-state index contributed by atoms with van der Waals surface area (Å²) in [5.74, 6) is 0.182. The monoisotopic (exact) mass is 390 g/mol. The Labute approximate surface area is 161 Å². The number of aromatic nitrogens is 2. The molecule has 6 nitrogen and oxygen atoms in total. The number of benzene rings is 1. The quantitative estimate of drug-likeness (QED) is 0.732. The van der Waals surface area contributed by atoms with Crippen molar-refractivity contribution in [2.24, 2.45) is 0 Å². The number of carbonyl (C=O) groups is 1. The smallest absolute Gasteiger partial charge is 0.240 e. The highest BCUT2D eigenvalue weighted by Gasteiger charge is 2.30. The first-order valence-electron chi connectivity index (χ1n) is 8.98. The summed E-state index contributed by atoms with van der Waals surface area (Å²) in [6.45, 7) is 4.85. The van der Waals surface area contributed by atoms with Gasteiger partial charge >= 0.3 is 0 Å². The Morgan fingerprint density at radius 3 is 2.54 bits per heavy atom. The zero-order valence-corrected chi connectivity index (χ0v) is 16.2. The Balaban J connectivity index is 1.53. The second-order valence-electron chi connectivity index (χ2n) is 6.39. The number of hydrogen-bond donors (Lipinski definition) is 0. The minimum atomic E-state index is -0.264. The van der Waals surface area contributed by atoms with Crippen molar-refractivity contribution < 1.29 is 9.53 Å². The number of likely N-dealkylation sites (tertiary alicyclic amines) is 1. The number of thioether (sulfide) groups is 1. The van der Waals surface area contributed by atoms with Gasteiger partial charge in [0.15, 0.2) is 4.34 Å². The van der Waals surface area contributed by atoms with Crippen LogP contribution in [0.2, 0.25) is 0 Å². The average Bonchev–Trinajstić information content (AvgIpc) is 3.39. The number of morpholine rings is 1. The molecule has 1 aromatic heterocycles. The molecule has 138 valence electrons. The highest BCUT2D eigenvalue weighted by atomic mass is 32.2. The molecule has 0 aliphatic carbocycles. The van der Waals surface area contributed by atoms with Gasteiger partial charge in [-0.15, -0.1) is 10.2 Å². The lowest BCUT2D eigenvalue weighted by Gasteiger charge is -2.25. The van der Waals surface area contributed by atoms with Crippen LogP contribution in [-0.2, 0) is 9.53 Å². The predicted octanol–water partition coefficient (Wildman–Crippen LogP) is 2.83. The number of ether oxygens (including phenoxy) is 1. The maximum atomic E-state index is 13.1. The van der Waals surface area contributed by atoms with Gasteiger partial charge in [0.05, 0.1) is 13.2 Å². The Hall–Kier alpha value is -1.64. The maximum Gasteiger partial charge on any atom is 0.240 e. The molecule has 2 fully saturated rings. The SMILES string of the molecule is O=C(C(Sc1nnc(N2CCOCC2)s1)c1ccccc1)N1CCCC1. The standard InChI is InChI=1S/C18H22N4O2S2/c23-16(21-8-4-5-9-21)15(14-6-2-1-3-7-14)25-18-20-19-17(26-18)22-10-12-24-13-11-22/h1-3,6-7,15H,4-5,8-13H2. The largest absolute Gasteiger partial charge is 0.378 e. The molecular weight excluding hydrogens is 368 g/mol. The van der Waals surface area contributed by atoms with Gasteiger partial charge in [0.2, 0.25) is 11.0 Å². The summed E-state index contributed by atoms with van der Waals surface area (Å²) >= 11 is 3.08. The van der Waals surface area contributed by atoms with Crippen molar-refractivity contribution >= 4 is 34.1 Å². The van der Waals surface area contributed by atoms with Crippen molar-refractivity contribution in [2.75, 3.05) is 44.3 Å². The number of rotatable bonds is 5. The van der Waals surface area contributed by atoms with Gasteiger partial charge in [0, 0.05) is 26.2 Å². The van der Waals surface area contributed by atoms with Crippen LogP contribution in [0.25, 0.3) is 0 Å². The Kier molecular flexibility index (Phi) is 5.72. The molecule has 2 aliphatic rings. The summed E-state index contributed by atoms with van der Waals surface area (Å²) < 4.78 is 6.24. The molecule has 1 aromatic carbocycles. The van der Waals surface area contributed by atoms with E-state index >= 15 is 0 Å². The summed E-state index contributed by atoms with van der Waals surface area (Å²) in [5, 5.41) is 9.33. The molecule has 0 bridgehead atoms. The highest BCUT2D eigenvalue weighted by molar-refractivity contribution is 8.01. The maximum absolute atomic E-state index is 13.1. The van der Waals surface area contributed by atoms with Crippen molar-refractivity contribution in [3.8, 4) is 0 Å². The van der Waals surface area contributed by atoms with Crippen LogP contribution in [0.3, 0.4) is 0 Å². The van der Waals surface area contributed by atoms with Crippen molar-refractivity contribution in [1.82, 2.24) is 15.1 Å². The van der Waals surface area contributed by atoms with Gasteiger partial charge in [-0.05, 0) is 18.4 Å². The van der Waals surface area contributed by atoms with Crippen LogP contribution in [0.5, 0.6) is 0 Å². The average molecular weight is 391 g/mol. The van der Waals surface area contributed by atoms with E-state index in [1.54, 1.807) is 11.3 Å². The lowest BCUT2D eigenvalue weighted by molar-refractivity contribution is -0.129. The molecule has 8 heteroatoms. The van der Waals surface area contributed by atoms with Gasteiger partial charge in [-0.2, -0.15) is 0 Å². The molecule has 2 aromatic rings. The van der Waals surface area contributed by atoms with Crippen LogP contribution in [0, 0.1) is 0 Å². The molecule has 0 radical (unpaired) electrons. The van der Waals surface area contributed by atoms with E-state index in [0.717, 1.165) is 67.3 Å². The van der Waals surface area contributed by atoms with E-state index in [1.807, 2.05) is 35.2 Å².